The lowest BCUT2D eigenvalue weighted by Gasteiger charge is -2.23. The first-order chi connectivity index (χ1) is 9.18. The monoisotopic (exact) mass is 275 g/mol. The number of nitrogens with zero attached hydrogens (tertiary/aromatic N) is 1. The first-order valence-electron chi connectivity index (χ1n) is 6.36. The molecule has 0 saturated heterocycles. The van der Waals surface area contributed by atoms with Crippen molar-refractivity contribution in [1.29, 1.82) is 0 Å². The number of amides is 2. The number of hydrogen-bond acceptors (Lipinski definition) is 4. The number of fused-ring (bicyclic) bond motifs is 1. The molecule has 1 aromatic carbocycles. The highest BCUT2D eigenvalue weighted by Gasteiger charge is 2.39. The predicted molar refractivity (Wildman–Crippen MR) is 71.8 cm³/mol. The Morgan fingerprint density at radius 2 is 1.63 bits per heavy atom. The molecule has 0 radical (unpaired) electrons. The van der Waals surface area contributed by atoms with Crippen molar-refractivity contribution in [2.45, 2.75) is 30.9 Å². The van der Waals surface area contributed by atoms with Gasteiger partial charge in [0, 0.05) is 6.42 Å². The molecular weight excluding hydrogens is 262 g/mol. The fraction of sp³-hybridized carbons (Fsp3) is 0.357. The van der Waals surface area contributed by atoms with Gasteiger partial charge in [0.1, 0.15) is 5.78 Å². The minimum atomic E-state index is -0.302. The number of imide groups is 1. The maximum atomic E-state index is 12.2. The molecule has 1 fully saturated rings. The first kappa shape index (κ1) is 12.4. The fourth-order valence-electron chi connectivity index (χ4n) is 2.45. The number of rotatable bonds is 2. The summed E-state index contributed by atoms with van der Waals surface area (Å²) >= 11 is 1.09. The van der Waals surface area contributed by atoms with Gasteiger partial charge in [0.15, 0.2) is 0 Å². The highest BCUT2D eigenvalue weighted by molar-refractivity contribution is 7.99. The van der Waals surface area contributed by atoms with Gasteiger partial charge >= 0.3 is 0 Å². The van der Waals surface area contributed by atoms with E-state index in [0.717, 1.165) is 35.5 Å². The third-order valence-corrected chi connectivity index (χ3v) is 4.78. The van der Waals surface area contributed by atoms with Gasteiger partial charge in [0.2, 0.25) is 0 Å². The molecule has 0 spiro atoms. The maximum Gasteiger partial charge on any atom is 0.271 e. The Balaban J connectivity index is 1.82. The van der Waals surface area contributed by atoms with E-state index >= 15 is 0 Å². The third-order valence-electron chi connectivity index (χ3n) is 3.49. The molecule has 2 aliphatic rings. The zero-order valence-corrected chi connectivity index (χ0v) is 11.1. The molecule has 1 atom stereocenters. The van der Waals surface area contributed by atoms with E-state index in [1.165, 1.54) is 0 Å². The molecule has 4 nitrogen and oxygen atoms in total. The van der Waals surface area contributed by atoms with Crippen LogP contribution in [0.25, 0.3) is 0 Å². The van der Waals surface area contributed by atoms with E-state index in [2.05, 4.69) is 0 Å². The number of carbonyl (C=O) groups excluding carboxylic acids is 3. The van der Waals surface area contributed by atoms with Gasteiger partial charge in [0.05, 0.1) is 16.4 Å². The molecule has 1 aliphatic heterocycles. The largest absolute Gasteiger partial charge is 0.298 e. The molecule has 1 aliphatic carbocycles. The van der Waals surface area contributed by atoms with Gasteiger partial charge in [-0.15, -0.1) is 0 Å². The minimum Gasteiger partial charge on any atom is -0.298 e. The SMILES string of the molecule is O=C1CCCCC1SN1C(=O)c2ccccc2C1=O. The second-order valence-corrected chi connectivity index (χ2v) is 5.90. The second kappa shape index (κ2) is 4.81. The Kier molecular flexibility index (Phi) is 3.14. The van der Waals surface area contributed by atoms with Crippen molar-refractivity contribution < 1.29 is 14.4 Å². The van der Waals surface area contributed by atoms with Gasteiger partial charge in [-0.25, -0.2) is 4.31 Å². The first-order valence-corrected chi connectivity index (χ1v) is 7.19. The summed E-state index contributed by atoms with van der Waals surface area (Å²) in [6.45, 7) is 0. The smallest absolute Gasteiger partial charge is 0.271 e. The lowest BCUT2D eigenvalue weighted by molar-refractivity contribution is -0.119. The summed E-state index contributed by atoms with van der Waals surface area (Å²) in [7, 11) is 0. The molecule has 1 aromatic rings. The molecule has 0 bridgehead atoms. The van der Waals surface area contributed by atoms with Gasteiger partial charge in [-0.2, -0.15) is 0 Å². The van der Waals surface area contributed by atoms with Gasteiger partial charge in [-0.05, 0) is 36.9 Å². The molecule has 0 N–H and O–H groups in total. The van der Waals surface area contributed by atoms with E-state index in [1.54, 1.807) is 24.3 Å². The summed E-state index contributed by atoms with van der Waals surface area (Å²) in [5, 5.41) is -0.254. The highest BCUT2D eigenvalue weighted by atomic mass is 32.2. The van der Waals surface area contributed by atoms with E-state index in [4.69, 9.17) is 0 Å². The van der Waals surface area contributed by atoms with Crippen LogP contribution in [-0.2, 0) is 4.79 Å². The summed E-state index contributed by atoms with van der Waals surface area (Å²) < 4.78 is 1.15. The van der Waals surface area contributed by atoms with Gasteiger partial charge in [-0.3, -0.25) is 14.4 Å². The lowest BCUT2D eigenvalue weighted by atomic mass is 9.99. The number of Topliss-reactive ketones (excluding diaryl/α,β-unsaturated/α-hetero) is 1. The van der Waals surface area contributed by atoms with Gasteiger partial charge in [0.25, 0.3) is 11.8 Å². The molecule has 98 valence electrons. The van der Waals surface area contributed by atoms with Crippen LogP contribution in [0, 0.1) is 0 Å². The van der Waals surface area contributed by atoms with Crippen LogP contribution >= 0.6 is 11.9 Å². The third kappa shape index (κ3) is 2.08. The average molecular weight is 275 g/mol. The van der Waals surface area contributed by atoms with Crippen LogP contribution in [0.3, 0.4) is 0 Å². The number of benzene rings is 1. The maximum absolute atomic E-state index is 12.2. The van der Waals surface area contributed by atoms with E-state index < -0.39 is 0 Å². The van der Waals surface area contributed by atoms with Crippen LogP contribution < -0.4 is 0 Å². The van der Waals surface area contributed by atoms with E-state index in [9.17, 15) is 14.4 Å². The normalized spacial score (nSPS) is 22.8. The van der Waals surface area contributed by atoms with Crippen molar-refractivity contribution in [2.75, 3.05) is 0 Å². The molecule has 5 heteroatoms. The van der Waals surface area contributed by atoms with Crippen molar-refractivity contribution >= 4 is 29.5 Å². The molecular formula is C14H13NO3S. The molecule has 0 aromatic heterocycles. The summed E-state index contributed by atoms with van der Waals surface area (Å²) in [6, 6.07) is 6.78. The molecule has 3 rings (SSSR count). The van der Waals surface area contributed by atoms with Crippen LogP contribution in [0.15, 0.2) is 24.3 Å². The Morgan fingerprint density at radius 1 is 1.00 bits per heavy atom. The molecule has 2 amide bonds. The Labute approximate surface area is 115 Å². The standard InChI is InChI=1S/C14H13NO3S/c16-11-7-3-4-8-12(11)19-15-13(17)9-5-1-2-6-10(9)14(15)18/h1-2,5-6,12H,3-4,7-8H2. The van der Waals surface area contributed by atoms with Crippen molar-refractivity contribution in [2.24, 2.45) is 0 Å². The number of hydrogen-bond donors (Lipinski definition) is 0. The quantitative estimate of drug-likeness (QED) is 0.614. The Morgan fingerprint density at radius 3 is 2.21 bits per heavy atom. The average Bonchev–Trinajstić information content (AvgIpc) is 2.67. The second-order valence-electron chi connectivity index (χ2n) is 4.76. The number of carbonyl (C=O) groups is 3. The Hall–Kier alpha value is -1.62. The van der Waals surface area contributed by atoms with Crippen molar-refractivity contribution in [3.63, 3.8) is 0 Å². The van der Waals surface area contributed by atoms with Crippen molar-refractivity contribution in [1.82, 2.24) is 4.31 Å². The Bertz CT molecular complexity index is 535. The summed E-state index contributed by atoms with van der Waals surface area (Å²) in [6.07, 6.45) is 3.20. The van der Waals surface area contributed by atoms with Crippen LogP contribution in [0.5, 0.6) is 0 Å². The molecule has 1 unspecified atom stereocenters. The van der Waals surface area contributed by atoms with Crippen LogP contribution in [-0.4, -0.2) is 27.2 Å². The van der Waals surface area contributed by atoms with E-state index in [-0.39, 0.29) is 22.8 Å². The fourth-order valence-corrected chi connectivity index (χ4v) is 3.60. The van der Waals surface area contributed by atoms with Gasteiger partial charge in [-0.1, -0.05) is 18.6 Å². The molecule has 19 heavy (non-hydrogen) atoms. The van der Waals surface area contributed by atoms with Crippen molar-refractivity contribution in [3.05, 3.63) is 35.4 Å². The molecule has 1 saturated carbocycles. The van der Waals surface area contributed by atoms with E-state index in [1.807, 2.05) is 0 Å². The van der Waals surface area contributed by atoms with Crippen LogP contribution in [0.4, 0.5) is 0 Å². The summed E-state index contributed by atoms with van der Waals surface area (Å²) in [4.78, 5) is 36.1. The van der Waals surface area contributed by atoms with Crippen LogP contribution in [0.2, 0.25) is 0 Å². The highest BCUT2D eigenvalue weighted by Crippen LogP contribution is 2.34. The lowest BCUT2D eigenvalue weighted by Crippen LogP contribution is -2.30. The predicted octanol–water partition coefficient (Wildman–Crippen LogP) is 2.44. The summed E-state index contributed by atoms with van der Waals surface area (Å²) in [5.74, 6) is -0.458. The van der Waals surface area contributed by atoms with Crippen molar-refractivity contribution in [3.8, 4) is 0 Å². The van der Waals surface area contributed by atoms with E-state index in [0.29, 0.717) is 17.5 Å². The zero-order valence-electron chi connectivity index (χ0n) is 10.3. The van der Waals surface area contributed by atoms with Gasteiger partial charge < -0.3 is 0 Å². The zero-order chi connectivity index (χ0) is 13.4. The van der Waals surface area contributed by atoms with Crippen LogP contribution in [0.1, 0.15) is 46.4 Å². The summed E-state index contributed by atoms with van der Waals surface area (Å²) in [5.41, 5.74) is 0.867. The minimum absolute atomic E-state index is 0.146. The topological polar surface area (TPSA) is 54.5 Å². The number of ketones is 1. The molecule has 1 heterocycles.